The minimum Gasteiger partial charge on any atom is -0.478 e. The molecule has 0 aromatic heterocycles. The molecule has 1 aromatic rings. The van der Waals surface area contributed by atoms with Crippen molar-refractivity contribution in [3.8, 4) is 0 Å². The molecular formula is C10H12O2S3. The van der Waals surface area contributed by atoms with Crippen molar-refractivity contribution in [2.45, 2.75) is 14.7 Å². The van der Waals surface area contributed by atoms with Crippen LogP contribution in [0.2, 0.25) is 0 Å². The predicted molar refractivity (Wildman–Crippen MR) is 68.7 cm³/mol. The maximum Gasteiger partial charge on any atom is 0.336 e. The highest BCUT2D eigenvalue weighted by molar-refractivity contribution is 8.03. The Hall–Kier alpha value is -0.260. The second-order valence-corrected chi connectivity index (χ2v) is 5.17. The zero-order valence-corrected chi connectivity index (χ0v) is 11.2. The van der Waals surface area contributed by atoms with E-state index in [9.17, 15) is 4.79 Å². The van der Waals surface area contributed by atoms with Gasteiger partial charge >= 0.3 is 5.97 Å². The average Bonchev–Trinajstić information content (AvgIpc) is 2.26. The normalized spacial score (nSPS) is 10.3. The van der Waals surface area contributed by atoms with Gasteiger partial charge in [0.25, 0.3) is 0 Å². The second-order valence-electron chi connectivity index (χ2n) is 2.69. The first-order valence-corrected chi connectivity index (χ1v) is 7.85. The molecule has 0 bridgehead atoms. The van der Waals surface area contributed by atoms with E-state index in [2.05, 4.69) is 0 Å². The highest BCUT2D eigenvalue weighted by atomic mass is 32.2. The van der Waals surface area contributed by atoms with Gasteiger partial charge < -0.3 is 5.11 Å². The Labute approximate surface area is 102 Å². The molecular weight excluding hydrogens is 248 g/mol. The van der Waals surface area contributed by atoms with Gasteiger partial charge in [-0.15, -0.1) is 35.3 Å². The molecule has 0 aliphatic rings. The lowest BCUT2D eigenvalue weighted by Gasteiger charge is -2.12. The first kappa shape index (κ1) is 12.8. The van der Waals surface area contributed by atoms with Crippen LogP contribution < -0.4 is 0 Å². The van der Waals surface area contributed by atoms with Crippen molar-refractivity contribution in [1.29, 1.82) is 0 Å². The summed E-state index contributed by atoms with van der Waals surface area (Å²) in [5.41, 5.74) is 0.393. The van der Waals surface area contributed by atoms with Gasteiger partial charge in [-0.3, -0.25) is 0 Å². The second kappa shape index (κ2) is 5.72. The number of carboxylic acids is 1. The number of hydrogen-bond donors (Lipinski definition) is 1. The molecule has 0 aliphatic heterocycles. The lowest BCUT2D eigenvalue weighted by atomic mass is 10.2. The van der Waals surface area contributed by atoms with Gasteiger partial charge in [-0.05, 0) is 30.9 Å². The monoisotopic (exact) mass is 260 g/mol. The Morgan fingerprint density at radius 1 is 1.07 bits per heavy atom. The highest BCUT2D eigenvalue weighted by Crippen LogP contribution is 2.38. The third-order valence-corrected chi connectivity index (χ3v) is 4.64. The molecule has 1 rings (SSSR count). The molecule has 0 saturated heterocycles. The minimum atomic E-state index is -0.859. The number of carbonyl (C=O) groups is 1. The molecule has 0 aliphatic carbocycles. The van der Waals surface area contributed by atoms with Gasteiger partial charge in [-0.1, -0.05) is 0 Å². The maximum atomic E-state index is 11.0. The number of rotatable bonds is 4. The molecule has 5 heteroatoms. The standard InChI is InChI=1S/C10H12O2S3/c1-13-7-5-4-6(10(11)12)8(14-2)9(7)15-3/h4-5H,1-3H3,(H,11,12). The van der Waals surface area contributed by atoms with E-state index >= 15 is 0 Å². The van der Waals surface area contributed by atoms with Crippen molar-refractivity contribution in [3.05, 3.63) is 17.7 Å². The summed E-state index contributed by atoms with van der Waals surface area (Å²) < 4.78 is 0. The van der Waals surface area contributed by atoms with Gasteiger partial charge in [0.05, 0.1) is 5.56 Å². The van der Waals surface area contributed by atoms with Crippen molar-refractivity contribution in [2.24, 2.45) is 0 Å². The summed E-state index contributed by atoms with van der Waals surface area (Å²) in [6, 6.07) is 3.55. The Morgan fingerprint density at radius 2 is 1.67 bits per heavy atom. The summed E-state index contributed by atoms with van der Waals surface area (Å²) in [6.45, 7) is 0. The smallest absolute Gasteiger partial charge is 0.336 e. The third kappa shape index (κ3) is 2.65. The molecule has 2 nitrogen and oxygen atoms in total. The van der Waals surface area contributed by atoms with E-state index < -0.39 is 5.97 Å². The minimum absolute atomic E-state index is 0.393. The molecule has 0 unspecified atom stereocenters. The van der Waals surface area contributed by atoms with Crippen LogP contribution in [0.25, 0.3) is 0 Å². The Morgan fingerprint density at radius 3 is 2.07 bits per heavy atom. The van der Waals surface area contributed by atoms with Crippen molar-refractivity contribution in [1.82, 2.24) is 0 Å². The van der Waals surface area contributed by atoms with Gasteiger partial charge in [-0.25, -0.2) is 4.79 Å². The van der Waals surface area contributed by atoms with E-state index in [4.69, 9.17) is 5.11 Å². The van der Waals surface area contributed by atoms with Crippen LogP contribution in [0.3, 0.4) is 0 Å². The Balaban J connectivity index is 3.40. The van der Waals surface area contributed by atoms with Crippen molar-refractivity contribution in [3.63, 3.8) is 0 Å². The van der Waals surface area contributed by atoms with Gasteiger partial charge in [0, 0.05) is 14.7 Å². The number of benzene rings is 1. The third-order valence-electron chi connectivity index (χ3n) is 1.93. The van der Waals surface area contributed by atoms with Crippen LogP contribution in [-0.2, 0) is 0 Å². The van der Waals surface area contributed by atoms with Crippen molar-refractivity contribution in [2.75, 3.05) is 18.8 Å². The van der Waals surface area contributed by atoms with Gasteiger partial charge in [0.1, 0.15) is 0 Å². The topological polar surface area (TPSA) is 37.3 Å². The largest absolute Gasteiger partial charge is 0.478 e. The molecule has 0 heterocycles. The highest BCUT2D eigenvalue weighted by Gasteiger charge is 2.15. The van der Waals surface area contributed by atoms with Gasteiger partial charge in [0.2, 0.25) is 0 Å². The molecule has 0 atom stereocenters. The summed E-state index contributed by atoms with van der Waals surface area (Å²) in [6.07, 6.45) is 5.88. The molecule has 82 valence electrons. The SMILES string of the molecule is CSc1ccc(C(=O)O)c(SC)c1SC. The van der Waals surface area contributed by atoms with E-state index in [0.29, 0.717) is 5.56 Å². The van der Waals surface area contributed by atoms with Crippen LogP contribution in [0, 0.1) is 0 Å². The molecule has 0 saturated carbocycles. The first-order chi connectivity index (χ1) is 7.15. The number of thioether (sulfide) groups is 3. The molecule has 1 N–H and O–H groups in total. The fraction of sp³-hybridized carbons (Fsp3) is 0.300. The number of aromatic carboxylic acids is 1. The lowest BCUT2D eigenvalue weighted by molar-refractivity contribution is 0.0692. The van der Waals surface area contributed by atoms with E-state index in [1.165, 1.54) is 11.8 Å². The summed E-state index contributed by atoms with van der Waals surface area (Å²) in [7, 11) is 0. The summed E-state index contributed by atoms with van der Waals surface area (Å²) in [4.78, 5) is 14.1. The van der Waals surface area contributed by atoms with E-state index in [1.54, 1.807) is 29.6 Å². The summed E-state index contributed by atoms with van der Waals surface area (Å²) in [5, 5.41) is 9.05. The number of hydrogen-bond acceptors (Lipinski definition) is 4. The van der Waals surface area contributed by atoms with Crippen LogP contribution in [0.1, 0.15) is 10.4 Å². The van der Waals surface area contributed by atoms with E-state index in [0.717, 1.165) is 14.7 Å². The number of carboxylic acid groups (broad SMARTS) is 1. The van der Waals surface area contributed by atoms with Gasteiger partial charge in [0.15, 0.2) is 0 Å². The molecule has 1 aromatic carbocycles. The molecule has 0 radical (unpaired) electrons. The average molecular weight is 260 g/mol. The Kier molecular flexibility index (Phi) is 4.89. The summed E-state index contributed by atoms with van der Waals surface area (Å²) >= 11 is 4.73. The molecule has 0 spiro atoms. The van der Waals surface area contributed by atoms with Crippen LogP contribution in [0.15, 0.2) is 26.8 Å². The zero-order chi connectivity index (χ0) is 11.4. The van der Waals surface area contributed by atoms with Crippen LogP contribution >= 0.6 is 35.3 Å². The molecule has 0 amide bonds. The van der Waals surface area contributed by atoms with Gasteiger partial charge in [-0.2, -0.15) is 0 Å². The molecule has 15 heavy (non-hydrogen) atoms. The van der Waals surface area contributed by atoms with Crippen molar-refractivity contribution >= 4 is 41.3 Å². The zero-order valence-electron chi connectivity index (χ0n) is 8.73. The fourth-order valence-electron chi connectivity index (χ4n) is 1.27. The first-order valence-electron chi connectivity index (χ1n) is 4.18. The van der Waals surface area contributed by atoms with E-state index in [1.807, 2.05) is 24.8 Å². The van der Waals surface area contributed by atoms with Crippen LogP contribution in [0.5, 0.6) is 0 Å². The predicted octanol–water partition coefficient (Wildman–Crippen LogP) is 3.55. The summed E-state index contributed by atoms with van der Waals surface area (Å²) in [5.74, 6) is -0.859. The molecule has 0 fully saturated rings. The quantitative estimate of drug-likeness (QED) is 0.838. The fourth-order valence-corrected chi connectivity index (χ4v) is 4.06. The lowest BCUT2D eigenvalue weighted by Crippen LogP contribution is -2.00. The maximum absolute atomic E-state index is 11.0. The van der Waals surface area contributed by atoms with Crippen LogP contribution in [0.4, 0.5) is 0 Å². The van der Waals surface area contributed by atoms with E-state index in [-0.39, 0.29) is 0 Å². The van der Waals surface area contributed by atoms with Crippen LogP contribution in [-0.4, -0.2) is 29.8 Å². The van der Waals surface area contributed by atoms with Crippen molar-refractivity contribution < 1.29 is 9.90 Å². The Bertz CT molecular complexity index is 377.